The van der Waals surface area contributed by atoms with Gasteiger partial charge in [-0.2, -0.15) is 0 Å². The number of phosphoric ester groups is 2. The van der Waals surface area contributed by atoms with E-state index in [-0.39, 0.29) is 25.7 Å². The first-order chi connectivity index (χ1) is 44.7. The van der Waals surface area contributed by atoms with Crippen LogP contribution in [-0.2, 0) is 65.4 Å². The quantitative estimate of drug-likeness (QED) is 0.0222. The number of unbranched alkanes of at least 4 members (excludes halogenated alkanes) is 40. The van der Waals surface area contributed by atoms with Crippen molar-refractivity contribution in [3.05, 3.63) is 0 Å². The van der Waals surface area contributed by atoms with Crippen LogP contribution in [0.5, 0.6) is 0 Å². The zero-order valence-electron chi connectivity index (χ0n) is 60.7. The fourth-order valence-corrected chi connectivity index (χ4v) is 12.8. The molecule has 0 aliphatic carbocycles. The number of aliphatic hydroxyl groups excluding tert-OH is 1. The van der Waals surface area contributed by atoms with Crippen LogP contribution in [0.2, 0.25) is 0 Å². The zero-order valence-corrected chi connectivity index (χ0v) is 62.5. The summed E-state index contributed by atoms with van der Waals surface area (Å²) in [6, 6.07) is 0. The van der Waals surface area contributed by atoms with Gasteiger partial charge in [0.2, 0.25) is 0 Å². The van der Waals surface area contributed by atoms with Crippen molar-refractivity contribution in [2.45, 2.75) is 394 Å². The highest BCUT2D eigenvalue weighted by Crippen LogP contribution is 2.45. The Morgan fingerprint density at radius 2 is 0.495 bits per heavy atom. The minimum Gasteiger partial charge on any atom is -0.462 e. The van der Waals surface area contributed by atoms with Crippen LogP contribution in [0.4, 0.5) is 0 Å². The first kappa shape index (κ1) is 91.1. The molecule has 0 saturated heterocycles. The Balaban J connectivity index is 5.15. The van der Waals surface area contributed by atoms with E-state index in [4.69, 9.17) is 37.0 Å². The molecule has 2 unspecified atom stereocenters. The van der Waals surface area contributed by atoms with Crippen molar-refractivity contribution in [3.63, 3.8) is 0 Å². The van der Waals surface area contributed by atoms with Gasteiger partial charge < -0.3 is 33.8 Å². The van der Waals surface area contributed by atoms with E-state index in [2.05, 4.69) is 48.5 Å². The van der Waals surface area contributed by atoms with Crippen LogP contribution < -0.4 is 0 Å². The fourth-order valence-electron chi connectivity index (χ4n) is 11.2. The first-order valence-electron chi connectivity index (χ1n) is 38.3. The third kappa shape index (κ3) is 68.4. The van der Waals surface area contributed by atoms with E-state index >= 15 is 0 Å². The summed E-state index contributed by atoms with van der Waals surface area (Å²) in [6.07, 6.45) is 50.4. The van der Waals surface area contributed by atoms with Crippen molar-refractivity contribution in [2.75, 3.05) is 39.6 Å². The van der Waals surface area contributed by atoms with Crippen LogP contribution in [0.1, 0.15) is 376 Å². The molecule has 0 bridgehead atoms. The number of ether oxygens (including phenoxy) is 4. The maximum atomic E-state index is 13.1. The van der Waals surface area contributed by atoms with Crippen molar-refractivity contribution in [1.82, 2.24) is 0 Å². The lowest BCUT2D eigenvalue weighted by atomic mass is 10.0. The van der Waals surface area contributed by atoms with E-state index in [9.17, 15) is 43.2 Å². The highest BCUT2D eigenvalue weighted by molar-refractivity contribution is 7.47. The lowest BCUT2D eigenvalue weighted by molar-refractivity contribution is -0.161. The maximum Gasteiger partial charge on any atom is 0.472 e. The molecule has 3 N–H and O–H groups in total. The second kappa shape index (κ2) is 64.7. The van der Waals surface area contributed by atoms with Gasteiger partial charge in [-0.3, -0.25) is 37.3 Å². The van der Waals surface area contributed by atoms with Gasteiger partial charge in [-0.1, -0.05) is 325 Å². The lowest BCUT2D eigenvalue weighted by Crippen LogP contribution is -2.30. The van der Waals surface area contributed by atoms with Gasteiger partial charge in [0.25, 0.3) is 0 Å². The molecule has 0 saturated carbocycles. The summed E-state index contributed by atoms with van der Waals surface area (Å²) < 4.78 is 68.2. The molecule has 17 nitrogen and oxygen atoms in total. The maximum absolute atomic E-state index is 13.1. The lowest BCUT2D eigenvalue weighted by Gasteiger charge is -2.21. The standard InChI is InChI=1S/C74H144O17P2/c1-8-9-10-38-48-55-71(76)84-61-69(90-74(79)58-51-44-37-31-25-28-34-41-47-54-67(6)7)63-88-92(80,81)86-59-68(75)60-87-93(82,83)89-64-70(62-85-72(77)56-49-42-35-29-23-19-16-15-18-22-27-33-40-46-53-66(4)5)91-73(78)57-50-43-36-30-24-20-14-12-11-13-17-21-26-32-39-45-52-65(2)3/h65-70,75H,8-64H2,1-7H3,(H,80,81)(H,82,83)/t68-,69+,70+/m0/s1. The zero-order chi connectivity index (χ0) is 68.7. The molecule has 552 valence electrons. The van der Waals surface area contributed by atoms with E-state index < -0.39 is 97.5 Å². The molecule has 93 heavy (non-hydrogen) atoms. The van der Waals surface area contributed by atoms with Gasteiger partial charge in [-0.05, 0) is 43.4 Å². The summed E-state index contributed by atoms with van der Waals surface area (Å²) in [5.41, 5.74) is 0. The Morgan fingerprint density at radius 1 is 0.290 bits per heavy atom. The van der Waals surface area contributed by atoms with Crippen LogP contribution >= 0.6 is 15.6 Å². The minimum atomic E-state index is -4.95. The molecule has 0 amide bonds. The first-order valence-corrected chi connectivity index (χ1v) is 41.3. The average molecular weight is 1370 g/mol. The molecule has 5 atom stereocenters. The molecule has 0 aliphatic heterocycles. The van der Waals surface area contributed by atoms with E-state index in [1.165, 1.54) is 180 Å². The van der Waals surface area contributed by atoms with Gasteiger partial charge in [0.1, 0.15) is 19.3 Å². The largest absolute Gasteiger partial charge is 0.472 e. The molecule has 0 heterocycles. The van der Waals surface area contributed by atoms with E-state index in [0.29, 0.717) is 25.7 Å². The number of aliphatic hydroxyl groups is 1. The van der Waals surface area contributed by atoms with Crippen molar-refractivity contribution >= 4 is 39.5 Å². The highest BCUT2D eigenvalue weighted by Gasteiger charge is 2.30. The predicted octanol–water partition coefficient (Wildman–Crippen LogP) is 21.4. The van der Waals surface area contributed by atoms with E-state index in [0.717, 1.165) is 114 Å². The molecule has 0 rings (SSSR count). The van der Waals surface area contributed by atoms with Gasteiger partial charge in [-0.15, -0.1) is 0 Å². The summed E-state index contributed by atoms with van der Waals surface area (Å²) in [6.45, 7) is 11.8. The predicted molar refractivity (Wildman–Crippen MR) is 377 cm³/mol. The minimum absolute atomic E-state index is 0.104. The summed E-state index contributed by atoms with van der Waals surface area (Å²) in [7, 11) is -9.90. The molecule has 0 fully saturated rings. The van der Waals surface area contributed by atoms with Gasteiger partial charge in [-0.25, -0.2) is 9.13 Å². The molecular formula is C74H144O17P2. The number of hydrogen-bond donors (Lipinski definition) is 3. The van der Waals surface area contributed by atoms with Crippen LogP contribution in [0.25, 0.3) is 0 Å². The Labute approximate surface area is 568 Å². The molecule has 0 aromatic carbocycles. The third-order valence-electron chi connectivity index (χ3n) is 17.1. The van der Waals surface area contributed by atoms with Crippen molar-refractivity contribution < 1.29 is 80.2 Å². The molecule has 0 spiro atoms. The summed E-state index contributed by atoms with van der Waals surface area (Å²) in [4.78, 5) is 72.4. The molecule has 0 aliphatic rings. The van der Waals surface area contributed by atoms with Crippen LogP contribution in [0.3, 0.4) is 0 Å². The van der Waals surface area contributed by atoms with Crippen molar-refractivity contribution in [1.29, 1.82) is 0 Å². The fraction of sp³-hybridized carbons (Fsp3) is 0.946. The monoisotopic (exact) mass is 1370 g/mol. The van der Waals surface area contributed by atoms with E-state index in [1.54, 1.807) is 0 Å². The molecule has 0 aromatic heterocycles. The second-order valence-corrected chi connectivity index (χ2v) is 31.0. The van der Waals surface area contributed by atoms with Crippen LogP contribution in [0, 0.1) is 17.8 Å². The van der Waals surface area contributed by atoms with Gasteiger partial charge in [0, 0.05) is 25.7 Å². The average Bonchev–Trinajstić information content (AvgIpc) is 3.32. The molecule has 0 aromatic rings. The molecule has 0 radical (unpaired) electrons. The number of carbonyl (C=O) groups is 4. The topological polar surface area (TPSA) is 237 Å². The van der Waals surface area contributed by atoms with Crippen LogP contribution in [0.15, 0.2) is 0 Å². The number of esters is 4. The molecular weight excluding hydrogens is 1220 g/mol. The third-order valence-corrected chi connectivity index (χ3v) is 19.0. The normalized spacial score (nSPS) is 14.1. The Kier molecular flexibility index (Phi) is 63.4. The Morgan fingerprint density at radius 3 is 0.731 bits per heavy atom. The Hall–Kier alpha value is -1.94. The van der Waals surface area contributed by atoms with Gasteiger partial charge in [0.05, 0.1) is 26.4 Å². The van der Waals surface area contributed by atoms with Gasteiger partial charge in [0.15, 0.2) is 12.2 Å². The molecule has 19 heteroatoms. The second-order valence-electron chi connectivity index (χ2n) is 28.1. The summed E-state index contributed by atoms with van der Waals surface area (Å²) in [5.74, 6) is 0.213. The van der Waals surface area contributed by atoms with Crippen LogP contribution in [-0.4, -0.2) is 96.7 Å². The van der Waals surface area contributed by atoms with Crippen molar-refractivity contribution in [3.8, 4) is 0 Å². The smallest absolute Gasteiger partial charge is 0.462 e. The van der Waals surface area contributed by atoms with E-state index in [1.807, 2.05) is 0 Å². The van der Waals surface area contributed by atoms with Crippen molar-refractivity contribution in [2.24, 2.45) is 17.8 Å². The number of phosphoric acid groups is 2. The Bertz CT molecular complexity index is 1820. The summed E-state index contributed by atoms with van der Waals surface area (Å²) in [5, 5.41) is 10.6. The number of hydrogen-bond acceptors (Lipinski definition) is 15. The highest BCUT2D eigenvalue weighted by atomic mass is 31.2. The number of carbonyl (C=O) groups excluding carboxylic acids is 4. The number of rotatable bonds is 72. The SMILES string of the molecule is CCCCCCCC(=O)OC[C@H](COP(=O)(O)OC[C@H](O)COP(=O)(O)OC[C@@H](COC(=O)CCCCCCCCCCCCCCCCC(C)C)OC(=O)CCCCCCCCCCCCCCCCCCC(C)C)OC(=O)CCCCCCCCCCCC(C)C. The van der Waals surface area contributed by atoms with Gasteiger partial charge >= 0.3 is 39.5 Å². The summed E-state index contributed by atoms with van der Waals surface area (Å²) >= 11 is 0.